The van der Waals surface area contributed by atoms with Crippen LogP contribution in [0, 0.1) is 12.7 Å². The number of anilines is 1. The first-order valence-corrected chi connectivity index (χ1v) is 9.73. The van der Waals surface area contributed by atoms with Crippen molar-refractivity contribution < 1.29 is 19.1 Å². The third kappa shape index (κ3) is 3.20. The van der Waals surface area contributed by atoms with Gasteiger partial charge in [0, 0.05) is 5.69 Å². The summed E-state index contributed by atoms with van der Waals surface area (Å²) in [5.74, 6) is -0.898. The summed E-state index contributed by atoms with van der Waals surface area (Å²) >= 11 is 1.51. The molecular formula is C17H18B4FNO3S. The number of amides is 1. The monoisotopic (exact) mass is 379 g/mol. The third-order valence-corrected chi connectivity index (χ3v) is 6.59. The van der Waals surface area contributed by atoms with Gasteiger partial charge in [-0.05, 0) is 36.2 Å². The van der Waals surface area contributed by atoms with Crippen LogP contribution in [0.2, 0.25) is 0 Å². The molecule has 0 aromatic heterocycles. The Morgan fingerprint density at radius 2 is 1.78 bits per heavy atom. The molecule has 0 bridgehead atoms. The lowest BCUT2D eigenvalue weighted by Gasteiger charge is -2.30. The summed E-state index contributed by atoms with van der Waals surface area (Å²) in [5, 5.41) is 8.93. The maximum absolute atomic E-state index is 14.5. The molecule has 3 rings (SSSR count). The SMILES string of the molecule is Bc1c(B)c(C2SCC(=O)N2c2ccc(C(=O)O)cc2C)c(B)c(B)c1F. The fourth-order valence-corrected chi connectivity index (χ4v) is 4.96. The fraction of sp³-hybridized carbons (Fsp3) is 0.176. The lowest BCUT2D eigenvalue weighted by Crippen LogP contribution is -2.49. The highest BCUT2D eigenvalue weighted by Crippen LogP contribution is 2.41. The van der Waals surface area contributed by atoms with Gasteiger partial charge in [0.05, 0.1) is 11.3 Å². The van der Waals surface area contributed by atoms with Crippen molar-refractivity contribution in [2.75, 3.05) is 10.7 Å². The van der Waals surface area contributed by atoms with Gasteiger partial charge in [-0.2, -0.15) is 0 Å². The number of carboxylic acid groups (broad SMARTS) is 1. The number of carbonyl (C=O) groups is 2. The Labute approximate surface area is 165 Å². The summed E-state index contributed by atoms with van der Waals surface area (Å²) in [6.07, 6.45) is 0. The predicted octanol–water partition coefficient (Wildman–Crippen LogP) is -3.36. The van der Waals surface area contributed by atoms with Crippen LogP contribution in [0.5, 0.6) is 0 Å². The molecule has 0 radical (unpaired) electrons. The van der Waals surface area contributed by atoms with Gasteiger partial charge < -0.3 is 5.11 Å². The van der Waals surface area contributed by atoms with E-state index >= 15 is 0 Å². The lowest BCUT2D eigenvalue weighted by molar-refractivity contribution is -0.115. The van der Waals surface area contributed by atoms with Crippen molar-refractivity contribution in [3.8, 4) is 0 Å². The molecule has 1 fully saturated rings. The summed E-state index contributed by atoms with van der Waals surface area (Å²) < 4.78 is 14.5. The molecule has 0 spiro atoms. The van der Waals surface area contributed by atoms with Gasteiger partial charge in [-0.3, -0.25) is 9.69 Å². The van der Waals surface area contributed by atoms with Gasteiger partial charge >= 0.3 is 5.97 Å². The zero-order valence-electron chi connectivity index (χ0n) is 16.0. The first-order valence-electron chi connectivity index (χ1n) is 8.68. The molecule has 10 heteroatoms. The van der Waals surface area contributed by atoms with E-state index in [1.807, 2.05) is 15.7 Å². The number of aromatic carboxylic acids is 1. The van der Waals surface area contributed by atoms with Crippen molar-refractivity contribution in [3.63, 3.8) is 0 Å². The third-order valence-electron chi connectivity index (χ3n) is 5.41. The second kappa shape index (κ2) is 7.15. The number of rotatable bonds is 3. The van der Waals surface area contributed by atoms with Crippen LogP contribution in [0.15, 0.2) is 18.2 Å². The molecular weight excluding hydrogens is 361 g/mol. The van der Waals surface area contributed by atoms with Gasteiger partial charge in [0.2, 0.25) is 5.91 Å². The van der Waals surface area contributed by atoms with E-state index in [9.17, 15) is 19.1 Å². The molecule has 4 nitrogen and oxygen atoms in total. The van der Waals surface area contributed by atoms with Crippen molar-refractivity contribution in [2.45, 2.75) is 12.3 Å². The van der Waals surface area contributed by atoms with Gasteiger partial charge in [0.25, 0.3) is 0 Å². The van der Waals surface area contributed by atoms with Crippen LogP contribution in [0.3, 0.4) is 0 Å². The maximum Gasteiger partial charge on any atom is 0.335 e. The Morgan fingerprint density at radius 3 is 2.30 bits per heavy atom. The molecule has 1 N–H and O–H groups in total. The Kier molecular flexibility index (Phi) is 5.21. The van der Waals surface area contributed by atoms with Crippen LogP contribution >= 0.6 is 11.8 Å². The normalized spacial score (nSPS) is 16.7. The highest BCUT2D eigenvalue weighted by molar-refractivity contribution is 8.00. The van der Waals surface area contributed by atoms with Crippen LogP contribution in [-0.4, -0.2) is 54.1 Å². The molecule has 2 aromatic rings. The van der Waals surface area contributed by atoms with Gasteiger partial charge in [-0.15, -0.1) is 11.8 Å². The zero-order chi connectivity index (χ0) is 20.0. The quantitative estimate of drug-likeness (QED) is 0.567. The number of benzene rings is 2. The van der Waals surface area contributed by atoms with Crippen LogP contribution in [0.25, 0.3) is 0 Å². The standard InChI is InChI=1S/C17H18B4FNO3S/c1-6-4-7(17(25)26)2-3-8(6)23-9(24)5-27-16(23)10-11(18)13(20)15(22)14(21)12(10)19/h2-4,16H,5,18-21H2,1H3,(H,25,26). The van der Waals surface area contributed by atoms with E-state index in [1.54, 1.807) is 39.6 Å². The number of hydrogen-bond donors (Lipinski definition) is 1. The number of thioether (sulfide) groups is 1. The highest BCUT2D eigenvalue weighted by Gasteiger charge is 2.37. The summed E-state index contributed by atoms with van der Waals surface area (Å²) in [6, 6.07) is 4.77. The van der Waals surface area contributed by atoms with E-state index in [1.165, 1.54) is 17.8 Å². The lowest BCUT2D eigenvalue weighted by atomic mass is 9.66. The Bertz CT molecular complexity index is 956. The molecule has 0 aliphatic carbocycles. The molecule has 1 heterocycles. The number of halogens is 1. The second-order valence-electron chi connectivity index (χ2n) is 6.96. The molecule has 1 amide bonds. The van der Waals surface area contributed by atoms with Crippen LogP contribution in [-0.2, 0) is 4.79 Å². The molecule has 27 heavy (non-hydrogen) atoms. The van der Waals surface area contributed by atoms with E-state index in [4.69, 9.17) is 0 Å². The van der Waals surface area contributed by atoms with E-state index < -0.39 is 5.97 Å². The summed E-state index contributed by atoms with van der Waals surface area (Å²) in [7, 11) is 7.31. The number of carbonyl (C=O) groups excluding carboxylic acids is 1. The van der Waals surface area contributed by atoms with E-state index in [0.717, 1.165) is 22.1 Å². The predicted molar refractivity (Wildman–Crippen MR) is 120 cm³/mol. The number of hydrogen-bond acceptors (Lipinski definition) is 3. The smallest absolute Gasteiger partial charge is 0.335 e. The topological polar surface area (TPSA) is 57.6 Å². The number of aryl methyl sites for hydroxylation is 1. The van der Waals surface area contributed by atoms with Gasteiger partial charge in [0.15, 0.2) is 0 Å². The molecule has 1 saturated heterocycles. The Morgan fingerprint density at radius 1 is 1.19 bits per heavy atom. The minimum absolute atomic E-state index is 0.0328. The minimum Gasteiger partial charge on any atom is -0.478 e. The summed E-state index contributed by atoms with van der Waals surface area (Å²) in [6.45, 7) is 1.80. The maximum atomic E-state index is 14.5. The first-order chi connectivity index (χ1) is 12.6. The Balaban J connectivity index is 2.16. The molecule has 0 saturated carbocycles. The fourth-order valence-electron chi connectivity index (χ4n) is 3.62. The van der Waals surface area contributed by atoms with E-state index in [-0.39, 0.29) is 22.7 Å². The van der Waals surface area contributed by atoms with Crippen LogP contribution < -0.4 is 26.8 Å². The zero-order valence-corrected chi connectivity index (χ0v) is 16.8. The molecule has 134 valence electrons. The molecule has 2 aromatic carbocycles. The van der Waals surface area contributed by atoms with Crippen LogP contribution in [0.4, 0.5) is 10.1 Å². The van der Waals surface area contributed by atoms with Crippen LogP contribution in [0.1, 0.15) is 26.9 Å². The van der Waals surface area contributed by atoms with Crippen molar-refractivity contribution >= 4 is 82.6 Å². The Hall–Kier alpha value is -2.08. The minimum atomic E-state index is -1.00. The largest absolute Gasteiger partial charge is 0.478 e. The van der Waals surface area contributed by atoms with Crippen molar-refractivity contribution in [1.29, 1.82) is 0 Å². The summed E-state index contributed by atoms with van der Waals surface area (Å²) in [4.78, 5) is 25.6. The first kappa shape index (κ1) is 19.7. The molecule has 1 unspecified atom stereocenters. The van der Waals surface area contributed by atoms with Gasteiger partial charge in [0.1, 0.15) is 42.6 Å². The molecule has 1 atom stereocenters. The number of carboxylic acids is 1. The summed E-state index contributed by atoms with van der Waals surface area (Å²) in [5.41, 5.74) is 5.48. The number of nitrogens with zero attached hydrogens (tertiary/aromatic N) is 1. The average molecular weight is 379 g/mol. The van der Waals surface area contributed by atoms with Crippen molar-refractivity contribution in [1.82, 2.24) is 0 Å². The van der Waals surface area contributed by atoms with E-state index in [0.29, 0.717) is 22.4 Å². The van der Waals surface area contributed by atoms with Gasteiger partial charge in [-0.25, -0.2) is 9.18 Å². The van der Waals surface area contributed by atoms with Crippen molar-refractivity contribution in [2.24, 2.45) is 0 Å². The van der Waals surface area contributed by atoms with E-state index in [2.05, 4.69) is 0 Å². The molecule has 1 aliphatic heterocycles. The van der Waals surface area contributed by atoms with Crippen molar-refractivity contribution in [3.05, 3.63) is 40.7 Å². The molecule has 1 aliphatic rings. The average Bonchev–Trinajstić information content (AvgIpc) is 2.99. The second-order valence-corrected chi connectivity index (χ2v) is 8.03. The van der Waals surface area contributed by atoms with Gasteiger partial charge in [-0.1, -0.05) is 21.9 Å². The highest BCUT2D eigenvalue weighted by atomic mass is 32.2.